The van der Waals surface area contributed by atoms with E-state index in [0.717, 1.165) is 16.8 Å². The highest BCUT2D eigenvalue weighted by atomic mass is 16.6. The van der Waals surface area contributed by atoms with Gasteiger partial charge in [-0.2, -0.15) is 0 Å². The van der Waals surface area contributed by atoms with E-state index in [1.54, 1.807) is 12.1 Å². The molecule has 5 nitrogen and oxygen atoms in total. The van der Waals surface area contributed by atoms with E-state index >= 15 is 0 Å². The maximum atomic E-state index is 11.3. The van der Waals surface area contributed by atoms with Crippen molar-refractivity contribution in [2.45, 2.75) is 25.0 Å². The zero-order valence-electron chi connectivity index (χ0n) is 20.4. The van der Waals surface area contributed by atoms with Crippen molar-refractivity contribution >= 4 is 17.5 Å². The van der Waals surface area contributed by atoms with Crippen LogP contribution in [0.1, 0.15) is 25.0 Å². The molecule has 0 bridgehead atoms. The number of non-ortho nitro benzene ring substituents is 1. The van der Waals surface area contributed by atoms with Crippen molar-refractivity contribution in [3.8, 4) is 28.0 Å². The van der Waals surface area contributed by atoms with Gasteiger partial charge in [-0.1, -0.05) is 66.7 Å². The number of benzene rings is 4. The number of hydrogen-bond acceptors (Lipinski definition) is 4. The Balaban J connectivity index is 1.58. The van der Waals surface area contributed by atoms with E-state index in [1.807, 2.05) is 18.2 Å². The van der Waals surface area contributed by atoms with Crippen LogP contribution in [0.5, 0.6) is 5.75 Å². The molecule has 1 unspecified atom stereocenters. The fourth-order valence-electron chi connectivity index (χ4n) is 5.84. The van der Waals surface area contributed by atoms with Crippen molar-refractivity contribution in [1.82, 2.24) is 0 Å². The smallest absolute Gasteiger partial charge is 0.270 e. The summed E-state index contributed by atoms with van der Waals surface area (Å²) in [6, 6.07) is 30.1. The molecular formula is C31H26N2O3. The lowest BCUT2D eigenvalue weighted by atomic mass is 9.72. The minimum absolute atomic E-state index is 0.0548. The van der Waals surface area contributed by atoms with E-state index in [9.17, 15) is 10.1 Å². The summed E-state index contributed by atoms with van der Waals surface area (Å²) in [5.74, 6) is 0.639. The highest BCUT2D eigenvalue weighted by molar-refractivity contribution is 5.92. The zero-order valence-corrected chi connectivity index (χ0v) is 20.4. The van der Waals surface area contributed by atoms with Crippen LogP contribution in [-0.2, 0) is 5.41 Å². The second-order valence-corrected chi connectivity index (χ2v) is 9.91. The number of nitrogens with zero attached hydrogens (tertiary/aromatic N) is 2. The van der Waals surface area contributed by atoms with Crippen LogP contribution in [0.2, 0.25) is 0 Å². The van der Waals surface area contributed by atoms with Crippen LogP contribution in [0.4, 0.5) is 11.4 Å². The molecule has 2 aliphatic heterocycles. The standard InChI is InChI=1S/C31H26N2O3/c1-30(2)29-26(32(3)31(30)19-18-23-20-24(33(34)35)14-17-27(23)36-31)16-15-25(21-10-6-4-7-11-21)28(29)22-12-8-5-9-13-22/h4-20H,1-3H3. The number of nitro groups is 1. The molecule has 0 radical (unpaired) electrons. The van der Waals surface area contributed by atoms with E-state index in [2.05, 4.69) is 92.5 Å². The topological polar surface area (TPSA) is 55.6 Å². The second-order valence-electron chi connectivity index (χ2n) is 9.91. The third-order valence-electron chi connectivity index (χ3n) is 7.67. The van der Waals surface area contributed by atoms with Crippen LogP contribution >= 0.6 is 0 Å². The van der Waals surface area contributed by atoms with Gasteiger partial charge in [-0.3, -0.25) is 10.1 Å². The van der Waals surface area contributed by atoms with Gasteiger partial charge in [-0.15, -0.1) is 0 Å². The molecule has 1 atom stereocenters. The molecule has 0 fully saturated rings. The fraction of sp³-hybridized carbons (Fsp3) is 0.161. The molecular weight excluding hydrogens is 448 g/mol. The molecule has 0 aliphatic carbocycles. The molecule has 0 aromatic heterocycles. The first-order chi connectivity index (χ1) is 17.3. The summed E-state index contributed by atoms with van der Waals surface area (Å²) in [7, 11) is 2.06. The summed E-state index contributed by atoms with van der Waals surface area (Å²) >= 11 is 0. The van der Waals surface area contributed by atoms with Crippen LogP contribution in [0, 0.1) is 10.1 Å². The molecule has 4 aromatic rings. The highest BCUT2D eigenvalue weighted by Crippen LogP contribution is 2.58. The third-order valence-corrected chi connectivity index (χ3v) is 7.67. The van der Waals surface area contributed by atoms with Crippen molar-refractivity contribution in [2.24, 2.45) is 0 Å². The lowest BCUT2D eigenvalue weighted by molar-refractivity contribution is -0.384. The first-order valence-electron chi connectivity index (χ1n) is 12.0. The van der Waals surface area contributed by atoms with Crippen LogP contribution in [0.15, 0.2) is 97.1 Å². The number of nitro benzene ring substituents is 1. The van der Waals surface area contributed by atoms with Gasteiger partial charge in [0.05, 0.1) is 10.3 Å². The van der Waals surface area contributed by atoms with E-state index in [4.69, 9.17) is 4.74 Å². The van der Waals surface area contributed by atoms with Gasteiger partial charge in [0.2, 0.25) is 5.72 Å². The Morgan fingerprint density at radius 1 is 0.861 bits per heavy atom. The average molecular weight is 475 g/mol. The molecule has 0 saturated heterocycles. The Morgan fingerprint density at radius 2 is 1.53 bits per heavy atom. The molecule has 0 saturated carbocycles. The maximum absolute atomic E-state index is 11.3. The summed E-state index contributed by atoms with van der Waals surface area (Å²) in [4.78, 5) is 13.1. The number of fused-ring (bicyclic) bond motifs is 2. The Kier molecular flexibility index (Phi) is 4.80. The summed E-state index contributed by atoms with van der Waals surface area (Å²) < 4.78 is 6.78. The van der Waals surface area contributed by atoms with Gasteiger partial charge in [0.25, 0.3) is 5.69 Å². The summed E-state index contributed by atoms with van der Waals surface area (Å²) in [5, 5.41) is 11.3. The van der Waals surface area contributed by atoms with Crippen molar-refractivity contribution < 1.29 is 9.66 Å². The van der Waals surface area contributed by atoms with Gasteiger partial charge < -0.3 is 9.64 Å². The van der Waals surface area contributed by atoms with Crippen molar-refractivity contribution in [2.75, 3.05) is 11.9 Å². The van der Waals surface area contributed by atoms with Crippen LogP contribution in [0.3, 0.4) is 0 Å². The summed E-state index contributed by atoms with van der Waals surface area (Å²) in [6.45, 7) is 4.44. The van der Waals surface area contributed by atoms with Crippen molar-refractivity contribution in [1.29, 1.82) is 0 Å². The predicted octanol–water partition coefficient (Wildman–Crippen LogP) is 7.46. The van der Waals surface area contributed by atoms with Crippen molar-refractivity contribution in [3.05, 3.63) is 118 Å². The largest absolute Gasteiger partial charge is 0.463 e. The highest BCUT2D eigenvalue weighted by Gasteiger charge is 2.58. The van der Waals surface area contributed by atoms with Crippen molar-refractivity contribution in [3.63, 3.8) is 0 Å². The SMILES string of the molecule is CN1c2ccc(-c3ccccc3)c(-c3ccccc3)c2C(C)(C)C12C=Cc1cc([N+](=O)[O-])ccc1O2. The zero-order chi connectivity index (χ0) is 25.1. The predicted molar refractivity (Wildman–Crippen MR) is 144 cm³/mol. The molecule has 1 spiro atoms. The molecule has 5 heteroatoms. The number of ether oxygens (including phenoxy) is 1. The molecule has 178 valence electrons. The summed E-state index contributed by atoms with van der Waals surface area (Å²) in [6.07, 6.45) is 4.01. The lowest BCUT2D eigenvalue weighted by Gasteiger charge is -2.46. The molecule has 4 aromatic carbocycles. The first-order valence-corrected chi connectivity index (χ1v) is 12.0. The Morgan fingerprint density at radius 3 is 2.19 bits per heavy atom. The monoisotopic (exact) mass is 474 g/mol. The molecule has 6 rings (SSSR count). The Hall–Kier alpha value is -4.38. The van der Waals surface area contributed by atoms with Crippen LogP contribution in [0.25, 0.3) is 28.3 Å². The first kappa shape index (κ1) is 22.1. The Labute approximate surface area is 210 Å². The number of hydrogen-bond donors (Lipinski definition) is 0. The summed E-state index contributed by atoms with van der Waals surface area (Å²) in [5.41, 5.74) is 6.53. The number of anilines is 1. The van der Waals surface area contributed by atoms with Gasteiger partial charge >= 0.3 is 0 Å². The molecule has 36 heavy (non-hydrogen) atoms. The molecule has 0 N–H and O–H groups in total. The second kappa shape index (κ2) is 7.82. The number of rotatable bonds is 3. The third kappa shape index (κ3) is 3.02. The normalized spacial score (nSPS) is 19.0. The van der Waals surface area contributed by atoms with Crippen LogP contribution in [-0.4, -0.2) is 17.7 Å². The minimum Gasteiger partial charge on any atom is -0.463 e. The van der Waals surface area contributed by atoms with E-state index in [0.29, 0.717) is 11.3 Å². The fourth-order valence-corrected chi connectivity index (χ4v) is 5.84. The average Bonchev–Trinajstić information content (AvgIpc) is 3.06. The maximum Gasteiger partial charge on any atom is 0.270 e. The van der Waals surface area contributed by atoms with Gasteiger partial charge in [0, 0.05) is 30.4 Å². The van der Waals surface area contributed by atoms with Gasteiger partial charge in [-0.05, 0) is 65.9 Å². The van der Waals surface area contributed by atoms with Gasteiger partial charge in [0.1, 0.15) is 5.75 Å². The van der Waals surface area contributed by atoms with E-state index in [1.165, 1.54) is 22.8 Å². The quantitative estimate of drug-likeness (QED) is 0.228. The molecule has 2 aliphatic rings. The Bertz CT molecular complexity index is 1530. The minimum atomic E-state index is -0.794. The molecule has 2 heterocycles. The van der Waals surface area contributed by atoms with Gasteiger partial charge in [0.15, 0.2) is 0 Å². The van der Waals surface area contributed by atoms with E-state index < -0.39 is 11.1 Å². The van der Waals surface area contributed by atoms with Crippen LogP contribution < -0.4 is 9.64 Å². The van der Waals surface area contributed by atoms with Gasteiger partial charge in [-0.25, -0.2) is 0 Å². The number of likely N-dealkylation sites (N-methyl/N-ethyl adjacent to an activating group) is 1. The molecule has 0 amide bonds. The lowest BCUT2D eigenvalue weighted by Crippen LogP contribution is -2.58. The van der Waals surface area contributed by atoms with E-state index in [-0.39, 0.29) is 10.6 Å².